The summed E-state index contributed by atoms with van der Waals surface area (Å²) in [4.78, 5) is 4.54. The number of anilines is 6. The topological polar surface area (TPSA) is 90.2 Å². The highest BCUT2D eigenvalue weighted by Crippen LogP contribution is 2.48. The maximum atomic E-state index is 10.9. The molecule has 4 aromatic heterocycles. The summed E-state index contributed by atoms with van der Waals surface area (Å²) in [5.41, 5.74) is 14.6. The highest BCUT2D eigenvalue weighted by Gasteiger charge is 2.27. The van der Waals surface area contributed by atoms with E-state index in [9.17, 15) is 10.5 Å². The van der Waals surface area contributed by atoms with Gasteiger partial charge in [-0.05, 0) is 133 Å². The van der Waals surface area contributed by atoms with Crippen LogP contribution in [-0.2, 0) is 0 Å². The van der Waals surface area contributed by atoms with Crippen LogP contribution in [0.4, 0.5) is 34.1 Å². The standard InChI is InChI=1S/C68H40N6O2/c69-41-43-37-61(73-57-33-29-49(71(45-17-5-1-6-18-45)46-19-7-2-8-20-46)39-55(57)65-59(73)35-31-53-51-25-13-15-27-63(51)75-67(53)65)62(38-44(43)42-70)74-58-34-30-50(72(47-21-9-3-10-22-47)48-23-11-4-12-24-48)40-56(58)66-60(74)36-32-54-52-26-14-16-28-64(52)76-68(54)66/h1-40H. The Hall–Kier alpha value is -10.8. The van der Waals surface area contributed by atoms with Crippen LogP contribution >= 0.6 is 0 Å². The predicted octanol–water partition coefficient (Wildman–Crippen LogP) is 18.4. The van der Waals surface area contributed by atoms with Crippen molar-refractivity contribution in [2.45, 2.75) is 0 Å². The Bertz CT molecular complexity index is 4510. The molecule has 0 amide bonds. The minimum atomic E-state index is 0.265. The van der Waals surface area contributed by atoms with E-state index >= 15 is 0 Å². The van der Waals surface area contributed by atoms with E-state index in [-0.39, 0.29) is 11.1 Å². The lowest BCUT2D eigenvalue weighted by atomic mass is 10.1. The number of hydrogen-bond acceptors (Lipinski definition) is 6. The molecule has 0 saturated heterocycles. The van der Waals surface area contributed by atoms with Gasteiger partial charge in [0.15, 0.2) is 0 Å². The summed E-state index contributed by atoms with van der Waals surface area (Å²) in [6.07, 6.45) is 0. The number of benzene rings is 11. The summed E-state index contributed by atoms with van der Waals surface area (Å²) in [7, 11) is 0. The van der Waals surface area contributed by atoms with Crippen molar-refractivity contribution in [1.29, 1.82) is 10.5 Å². The molecular weight excluding hydrogens is 933 g/mol. The molecule has 15 aromatic rings. The van der Waals surface area contributed by atoms with Crippen LogP contribution in [0.15, 0.2) is 251 Å². The third-order valence-corrected chi connectivity index (χ3v) is 14.9. The molecule has 0 atom stereocenters. The Morgan fingerprint density at radius 2 is 0.645 bits per heavy atom. The van der Waals surface area contributed by atoms with E-state index in [2.05, 4.69) is 201 Å². The normalized spacial score (nSPS) is 11.7. The second-order valence-corrected chi connectivity index (χ2v) is 19.1. The van der Waals surface area contributed by atoms with Gasteiger partial charge >= 0.3 is 0 Å². The fourth-order valence-corrected chi connectivity index (χ4v) is 11.7. The lowest BCUT2D eigenvalue weighted by Gasteiger charge is -2.25. The van der Waals surface area contributed by atoms with Gasteiger partial charge in [-0.25, -0.2) is 0 Å². The van der Waals surface area contributed by atoms with Crippen molar-refractivity contribution in [1.82, 2.24) is 9.13 Å². The third-order valence-electron chi connectivity index (χ3n) is 14.9. The Labute approximate surface area is 435 Å². The summed E-state index contributed by atoms with van der Waals surface area (Å²) in [6, 6.07) is 88.3. The second kappa shape index (κ2) is 16.9. The fourth-order valence-electron chi connectivity index (χ4n) is 11.7. The van der Waals surface area contributed by atoms with E-state index in [0.29, 0.717) is 11.4 Å². The molecule has 8 nitrogen and oxygen atoms in total. The van der Waals surface area contributed by atoms with Crippen molar-refractivity contribution >= 4 is 122 Å². The van der Waals surface area contributed by atoms with Gasteiger partial charge < -0.3 is 27.8 Å². The summed E-state index contributed by atoms with van der Waals surface area (Å²) in [6.45, 7) is 0. The number of aromatic nitrogens is 2. The maximum Gasteiger partial charge on any atom is 0.145 e. The Balaban J connectivity index is 1.06. The SMILES string of the molecule is N#Cc1cc(-n2c3ccc(N(c4ccccc4)c4ccccc4)cc3c3c4oc5ccccc5c4ccc32)c(-n2c3ccc(N(c4ccccc4)c4ccccc4)cc3c3c4oc5ccccc5c4ccc32)cc1C#N. The molecule has 0 radical (unpaired) electrons. The highest BCUT2D eigenvalue weighted by molar-refractivity contribution is 6.26. The molecule has 0 aliphatic carbocycles. The van der Waals surface area contributed by atoms with Crippen LogP contribution in [0, 0.1) is 22.7 Å². The monoisotopic (exact) mass is 972 g/mol. The number of para-hydroxylation sites is 6. The van der Waals surface area contributed by atoms with Crippen molar-refractivity contribution in [3.8, 4) is 23.5 Å². The van der Waals surface area contributed by atoms with Crippen molar-refractivity contribution in [3.63, 3.8) is 0 Å². The molecule has 0 saturated carbocycles. The van der Waals surface area contributed by atoms with Gasteiger partial charge in [0.2, 0.25) is 0 Å². The summed E-state index contributed by atoms with van der Waals surface area (Å²) in [5, 5.41) is 29.6. The molecule has 0 spiro atoms. The van der Waals surface area contributed by atoms with Crippen molar-refractivity contribution in [3.05, 3.63) is 254 Å². The Morgan fingerprint density at radius 1 is 0.303 bits per heavy atom. The van der Waals surface area contributed by atoms with Crippen LogP contribution in [-0.4, -0.2) is 9.13 Å². The van der Waals surface area contributed by atoms with Gasteiger partial charge in [0.1, 0.15) is 34.5 Å². The molecule has 0 fully saturated rings. The van der Waals surface area contributed by atoms with E-state index in [1.54, 1.807) is 0 Å². The van der Waals surface area contributed by atoms with Crippen LogP contribution < -0.4 is 9.80 Å². The van der Waals surface area contributed by atoms with E-state index in [1.165, 1.54) is 0 Å². The van der Waals surface area contributed by atoms with E-state index in [0.717, 1.165) is 122 Å². The van der Waals surface area contributed by atoms with Crippen LogP contribution in [0.1, 0.15) is 11.1 Å². The highest BCUT2D eigenvalue weighted by atomic mass is 16.3. The molecule has 0 unspecified atom stereocenters. The maximum absolute atomic E-state index is 10.9. The van der Waals surface area contributed by atoms with Gasteiger partial charge in [-0.15, -0.1) is 0 Å². The average Bonchev–Trinajstić information content (AvgIpc) is 4.31. The summed E-state index contributed by atoms with van der Waals surface area (Å²) in [5.74, 6) is 0. The molecule has 76 heavy (non-hydrogen) atoms. The van der Waals surface area contributed by atoms with Gasteiger partial charge in [0, 0.05) is 66.4 Å². The van der Waals surface area contributed by atoms with Crippen LogP contribution in [0.5, 0.6) is 0 Å². The van der Waals surface area contributed by atoms with E-state index in [4.69, 9.17) is 8.83 Å². The molecule has 15 rings (SSSR count). The first-order chi connectivity index (χ1) is 37.6. The summed E-state index contributed by atoms with van der Waals surface area (Å²) >= 11 is 0. The largest absolute Gasteiger partial charge is 0.455 e. The molecule has 0 bridgehead atoms. The smallest absolute Gasteiger partial charge is 0.145 e. The second-order valence-electron chi connectivity index (χ2n) is 19.1. The molecular formula is C68H40N6O2. The fraction of sp³-hybridized carbons (Fsp3) is 0. The minimum absolute atomic E-state index is 0.265. The zero-order chi connectivity index (χ0) is 50.4. The first kappa shape index (κ1) is 42.8. The van der Waals surface area contributed by atoms with Gasteiger partial charge in [0.05, 0.1) is 55.3 Å². The molecule has 0 aliphatic heterocycles. The lowest BCUT2D eigenvalue weighted by Crippen LogP contribution is -2.10. The van der Waals surface area contributed by atoms with Crippen LogP contribution in [0.3, 0.4) is 0 Å². The zero-order valence-electron chi connectivity index (χ0n) is 40.6. The van der Waals surface area contributed by atoms with E-state index in [1.807, 2.05) is 72.8 Å². The molecule has 354 valence electrons. The van der Waals surface area contributed by atoms with Crippen LogP contribution in [0.25, 0.3) is 98.9 Å². The molecule has 0 aliphatic rings. The quantitative estimate of drug-likeness (QED) is 0.151. The lowest BCUT2D eigenvalue weighted by molar-refractivity contribution is 0.672. The van der Waals surface area contributed by atoms with E-state index < -0.39 is 0 Å². The average molecular weight is 973 g/mol. The number of hydrogen-bond donors (Lipinski definition) is 0. The minimum Gasteiger partial charge on any atom is -0.455 e. The number of nitrogens with zero attached hydrogens (tertiary/aromatic N) is 6. The summed E-state index contributed by atoms with van der Waals surface area (Å²) < 4.78 is 18.3. The number of fused-ring (bicyclic) bond motifs is 14. The third kappa shape index (κ3) is 6.42. The Morgan fingerprint density at radius 3 is 1.01 bits per heavy atom. The zero-order valence-corrected chi connectivity index (χ0v) is 40.6. The van der Waals surface area contributed by atoms with Crippen molar-refractivity contribution < 1.29 is 8.83 Å². The van der Waals surface area contributed by atoms with Gasteiger partial charge in [-0.3, -0.25) is 0 Å². The molecule has 11 aromatic carbocycles. The van der Waals surface area contributed by atoms with Gasteiger partial charge in [-0.1, -0.05) is 109 Å². The van der Waals surface area contributed by atoms with Gasteiger partial charge in [0.25, 0.3) is 0 Å². The number of nitriles is 2. The Kier molecular flexibility index (Phi) is 9.52. The number of furan rings is 2. The van der Waals surface area contributed by atoms with Crippen LogP contribution in [0.2, 0.25) is 0 Å². The molecule has 0 N–H and O–H groups in total. The predicted molar refractivity (Wildman–Crippen MR) is 308 cm³/mol. The molecule has 4 heterocycles. The van der Waals surface area contributed by atoms with Crippen molar-refractivity contribution in [2.24, 2.45) is 0 Å². The molecule has 8 heteroatoms. The van der Waals surface area contributed by atoms with Gasteiger partial charge in [-0.2, -0.15) is 10.5 Å². The first-order valence-corrected chi connectivity index (χ1v) is 25.2. The van der Waals surface area contributed by atoms with Crippen molar-refractivity contribution in [2.75, 3.05) is 9.80 Å². The number of rotatable bonds is 8. The first-order valence-electron chi connectivity index (χ1n) is 25.2.